The summed E-state index contributed by atoms with van der Waals surface area (Å²) in [5, 5.41) is 0. The van der Waals surface area contributed by atoms with Gasteiger partial charge in [0.2, 0.25) is 0 Å². The number of anilines is 1. The van der Waals surface area contributed by atoms with Gasteiger partial charge in [0.15, 0.2) is 0 Å². The summed E-state index contributed by atoms with van der Waals surface area (Å²) < 4.78 is 11.0. The Morgan fingerprint density at radius 3 is 2.31 bits per heavy atom. The van der Waals surface area contributed by atoms with Crippen LogP contribution in [-0.4, -0.2) is 49.6 Å². The maximum Gasteiger partial charge on any atom is 0.282 e. The number of hydrogen-bond acceptors (Lipinski definition) is 5. The molecule has 0 bridgehead atoms. The van der Waals surface area contributed by atoms with Gasteiger partial charge in [-0.1, -0.05) is 30.3 Å². The molecule has 150 valence electrons. The Hall–Kier alpha value is -3.12. The molecule has 0 N–H and O–H groups in total. The van der Waals surface area contributed by atoms with Crippen LogP contribution in [0.2, 0.25) is 0 Å². The zero-order chi connectivity index (χ0) is 20.4. The van der Waals surface area contributed by atoms with Gasteiger partial charge in [0, 0.05) is 13.1 Å². The molecule has 0 atom stereocenters. The lowest BCUT2D eigenvalue weighted by Gasteiger charge is -2.29. The van der Waals surface area contributed by atoms with Crippen molar-refractivity contribution in [2.75, 3.05) is 37.8 Å². The Morgan fingerprint density at radius 2 is 1.66 bits per heavy atom. The number of ether oxygens (including phenoxy) is 2. The molecular formula is C23H24N2O4. The summed E-state index contributed by atoms with van der Waals surface area (Å²) in [6.45, 7) is 6.62. The second-order valence-electron chi connectivity index (χ2n) is 7.01. The number of carbonyl (C=O) groups excluding carboxylic acids is 2. The van der Waals surface area contributed by atoms with Crippen molar-refractivity contribution in [1.29, 1.82) is 0 Å². The largest absolute Gasteiger partial charge is 0.494 e. The van der Waals surface area contributed by atoms with Crippen LogP contribution in [0.5, 0.6) is 5.75 Å². The first kappa shape index (κ1) is 19.2. The van der Waals surface area contributed by atoms with E-state index in [1.165, 1.54) is 4.90 Å². The highest BCUT2D eigenvalue weighted by Crippen LogP contribution is 2.36. The van der Waals surface area contributed by atoms with E-state index in [4.69, 9.17) is 9.47 Å². The number of benzene rings is 2. The molecule has 2 aromatic rings. The van der Waals surface area contributed by atoms with Gasteiger partial charge in [0.25, 0.3) is 11.8 Å². The number of hydrogen-bond donors (Lipinski definition) is 0. The fourth-order valence-electron chi connectivity index (χ4n) is 3.78. The van der Waals surface area contributed by atoms with E-state index in [2.05, 4.69) is 0 Å². The van der Waals surface area contributed by atoms with Crippen molar-refractivity contribution in [3.63, 3.8) is 0 Å². The van der Waals surface area contributed by atoms with Gasteiger partial charge in [-0.15, -0.1) is 0 Å². The summed E-state index contributed by atoms with van der Waals surface area (Å²) in [5.41, 5.74) is 3.09. The lowest BCUT2D eigenvalue weighted by atomic mass is 10.0. The van der Waals surface area contributed by atoms with Crippen LogP contribution in [-0.2, 0) is 14.3 Å². The van der Waals surface area contributed by atoms with Crippen molar-refractivity contribution in [3.8, 4) is 5.75 Å². The predicted octanol–water partition coefficient (Wildman–Crippen LogP) is 3.01. The van der Waals surface area contributed by atoms with Gasteiger partial charge >= 0.3 is 0 Å². The van der Waals surface area contributed by atoms with E-state index in [1.54, 1.807) is 0 Å². The molecule has 0 spiro atoms. The lowest BCUT2D eigenvalue weighted by Crippen LogP contribution is -2.40. The predicted molar refractivity (Wildman–Crippen MR) is 111 cm³/mol. The Labute approximate surface area is 170 Å². The molecule has 1 fully saturated rings. The standard InChI is InChI=1S/C23H24N2O4/c1-3-29-18-10-8-17(9-11-18)20-21(24-12-14-28-15-13-24)23(27)25(22(20)26)19-7-5-4-6-16(19)2/h4-11H,3,12-15H2,1-2H3. The third kappa shape index (κ3) is 3.51. The van der Waals surface area contributed by atoms with E-state index in [-0.39, 0.29) is 11.8 Å². The highest BCUT2D eigenvalue weighted by atomic mass is 16.5. The summed E-state index contributed by atoms with van der Waals surface area (Å²) in [5.74, 6) is 0.155. The van der Waals surface area contributed by atoms with Gasteiger partial charge in [0.1, 0.15) is 11.4 Å². The minimum absolute atomic E-state index is 0.282. The van der Waals surface area contributed by atoms with Gasteiger partial charge in [-0.3, -0.25) is 9.59 Å². The molecule has 0 aliphatic carbocycles. The van der Waals surface area contributed by atoms with Gasteiger partial charge in [0.05, 0.1) is 31.1 Å². The van der Waals surface area contributed by atoms with E-state index in [9.17, 15) is 9.59 Å². The van der Waals surface area contributed by atoms with Crippen LogP contribution in [0.25, 0.3) is 5.57 Å². The summed E-state index contributed by atoms with van der Waals surface area (Å²) in [6, 6.07) is 14.8. The highest BCUT2D eigenvalue weighted by molar-refractivity contribution is 6.45. The SMILES string of the molecule is CCOc1ccc(C2=C(N3CCOCC3)C(=O)N(c3ccccc3C)C2=O)cc1. The fourth-order valence-corrected chi connectivity index (χ4v) is 3.78. The van der Waals surface area contributed by atoms with Gasteiger partial charge in [-0.2, -0.15) is 0 Å². The van der Waals surface area contributed by atoms with Crippen LogP contribution in [0, 0.1) is 6.92 Å². The van der Waals surface area contributed by atoms with Crippen molar-refractivity contribution in [3.05, 3.63) is 65.4 Å². The minimum atomic E-state index is -0.296. The van der Waals surface area contributed by atoms with E-state index >= 15 is 0 Å². The maximum atomic E-state index is 13.5. The van der Waals surface area contributed by atoms with Gasteiger partial charge in [-0.05, 0) is 43.2 Å². The summed E-state index contributed by atoms with van der Waals surface area (Å²) in [6.07, 6.45) is 0. The molecule has 4 rings (SSSR count). The molecule has 2 heterocycles. The number of aryl methyl sites for hydroxylation is 1. The zero-order valence-electron chi connectivity index (χ0n) is 16.7. The molecule has 1 saturated heterocycles. The third-order valence-electron chi connectivity index (χ3n) is 5.20. The lowest BCUT2D eigenvalue weighted by molar-refractivity contribution is -0.121. The number of morpholine rings is 1. The molecule has 2 aliphatic rings. The van der Waals surface area contributed by atoms with E-state index in [0.717, 1.165) is 11.3 Å². The number of rotatable bonds is 5. The van der Waals surface area contributed by atoms with Crippen molar-refractivity contribution in [1.82, 2.24) is 4.90 Å². The molecular weight excluding hydrogens is 368 g/mol. The van der Waals surface area contributed by atoms with Crippen molar-refractivity contribution in [2.45, 2.75) is 13.8 Å². The second kappa shape index (κ2) is 8.09. The van der Waals surface area contributed by atoms with E-state index in [0.29, 0.717) is 55.4 Å². The summed E-state index contributed by atoms with van der Waals surface area (Å²) in [7, 11) is 0. The first-order chi connectivity index (χ1) is 14.1. The van der Waals surface area contributed by atoms with Gasteiger partial charge < -0.3 is 14.4 Å². The fraction of sp³-hybridized carbons (Fsp3) is 0.304. The van der Waals surface area contributed by atoms with Crippen LogP contribution in [0.15, 0.2) is 54.2 Å². The molecule has 0 unspecified atom stereocenters. The van der Waals surface area contributed by atoms with E-state index < -0.39 is 0 Å². The number of imide groups is 1. The molecule has 2 aromatic carbocycles. The molecule has 0 radical (unpaired) electrons. The topological polar surface area (TPSA) is 59.1 Å². The summed E-state index contributed by atoms with van der Waals surface area (Å²) >= 11 is 0. The molecule has 29 heavy (non-hydrogen) atoms. The van der Waals surface area contributed by atoms with Crippen molar-refractivity contribution >= 4 is 23.1 Å². The first-order valence-corrected chi connectivity index (χ1v) is 9.86. The summed E-state index contributed by atoms with van der Waals surface area (Å²) in [4.78, 5) is 30.2. The van der Waals surface area contributed by atoms with Crippen LogP contribution in [0.1, 0.15) is 18.1 Å². The zero-order valence-corrected chi connectivity index (χ0v) is 16.7. The number of nitrogens with zero attached hydrogens (tertiary/aromatic N) is 2. The molecule has 6 heteroatoms. The number of para-hydroxylation sites is 1. The monoisotopic (exact) mass is 392 g/mol. The Bertz CT molecular complexity index is 959. The van der Waals surface area contributed by atoms with Gasteiger partial charge in [-0.25, -0.2) is 4.90 Å². The average Bonchev–Trinajstić information content (AvgIpc) is 3.00. The normalized spacial score (nSPS) is 17.3. The molecule has 0 aromatic heterocycles. The minimum Gasteiger partial charge on any atom is -0.494 e. The third-order valence-corrected chi connectivity index (χ3v) is 5.20. The van der Waals surface area contributed by atoms with E-state index in [1.807, 2.05) is 67.3 Å². The van der Waals surface area contributed by atoms with Crippen molar-refractivity contribution < 1.29 is 19.1 Å². The quantitative estimate of drug-likeness (QED) is 0.732. The highest BCUT2D eigenvalue weighted by Gasteiger charge is 2.43. The molecule has 6 nitrogen and oxygen atoms in total. The molecule has 2 amide bonds. The van der Waals surface area contributed by atoms with Crippen LogP contribution in [0.3, 0.4) is 0 Å². The van der Waals surface area contributed by atoms with Crippen LogP contribution >= 0.6 is 0 Å². The molecule has 0 saturated carbocycles. The smallest absolute Gasteiger partial charge is 0.282 e. The van der Waals surface area contributed by atoms with Crippen LogP contribution < -0.4 is 9.64 Å². The first-order valence-electron chi connectivity index (χ1n) is 9.86. The Morgan fingerprint density at radius 1 is 0.966 bits per heavy atom. The molecule has 2 aliphatic heterocycles. The average molecular weight is 392 g/mol. The van der Waals surface area contributed by atoms with Crippen molar-refractivity contribution in [2.24, 2.45) is 0 Å². The van der Waals surface area contributed by atoms with Crippen LogP contribution in [0.4, 0.5) is 5.69 Å². The Balaban J connectivity index is 1.80. The second-order valence-corrected chi connectivity index (χ2v) is 7.01. The number of carbonyl (C=O) groups is 2. The maximum absolute atomic E-state index is 13.5. The number of amides is 2. The Kier molecular flexibility index (Phi) is 5.36.